The molecule has 1 saturated carbocycles. The van der Waals surface area contributed by atoms with E-state index in [0.29, 0.717) is 6.54 Å². The maximum absolute atomic E-state index is 13.2. The molecule has 1 atom stereocenters. The average Bonchev–Trinajstić information content (AvgIpc) is 3.22. The zero-order valence-electron chi connectivity index (χ0n) is 12.0. The number of primary amides is 1. The predicted octanol–water partition coefficient (Wildman–Crippen LogP) is 1.98. The van der Waals surface area contributed by atoms with Gasteiger partial charge in [-0.2, -0.15) is 0 Å². The molecule has 0 saturated heterocycles. The van der Waals surface area contributed by atoms with Crippen LogP contribution >= 0.6 is 0 Å². The first-order valence-corrected chi connectivity index (χ1v) is 7.11. The number of halogens is 2. The van der Waals surface area contributed by atoms with Crippen molar-refractivity contribution in [1.82, 2.24) is 5.32 Å². The van der Waals surface area contributed by atoms with Gasteiger partial charge in [-0.25, -0.2) is 8.78 Å². The summed E-state index contributed by atoms with van der Waals surface area (Å²) in [5, 5.41) is 3.16. The molecule has 6 heteroatoms. The van der Waals surface area contributed by atoms with E-state index in [9.17, 15) is 13.6 Å². The fourth-order valence-electron chi connectivity index (χ4n) is 2.41. The van der Waals surface area contributed by atoms with Gasteiger partial charge in [-0.15, -0.1) is 0 Å². The van der Waals surface area contributed by atoms with Gasteiger partial charge in [-0.3, -0.25) is 4.79 Å². The molecule has 1 aliphatic rings. The summed E-state index contributed by atoms with van der Waals surface area (Å²) < 4.78 is 31.8. The topological polar surface area (TPSA) is 64.3 Å². The van der Waals surface area contributed by atoms with Gasteiger partial charge in [0.15, 0.2) is 0 Å². The molecule has 1 fully saturated rings. The van der Waals surface area contributed by atoms with E-state index in [0.717, 1.165) is 37.5 Å². The number of amides is 1. The summed E-state index contributed by atoms with van der Waals surface area (Å²) in [6.45, 7) is 2.57. The number of nitrogens with one attached hydrogen (secondary N) is 1. The molecule has 0 aromatic heterocycles. The molecule has 4 nitrogen and oxygen atoms in total. The molecule has 0 bridgehead atoms. The number of nitrogens with two attached hydrogens (primary N) is 1. The van der Waals surface area contributed by atoms with Crippen molar-refractivity contribution in [2.45, 2.75) is 31.7 Å². The lowest BCUT2D eigenvalue weighted by Crippen LogP contribution is -2.61. The molecule has 0 spiro atoms. The van der Waals surface area contributed by atoms with Crippen molar-refractivity contribution < 1.29 is 18.3 Å². The van der Waals surface area contributed by atoms with Crippen LogP contribution < -0.4 is 15.8 Å². The van der Waals surface area contributed by atoms with E-state index in [1.165, 1.54) is 0 Å². The molecule has 0 heterocycles. The first-order chi connectivity index (χ1) is 9.98. The maximum atomic E-state index is 13.2. The third-order valence-corrected chi connectivity index (χ3v) is 3.71. The van der Waals surface area contributed by atoms with E-state index in [4.69, 9.17) is 10.5 Å². The van der Waals surface area contributed by atoms with Crippen molar-refractivity contribution in [2.24, 2.45) is 11.7 Å². The van der Waals surface area contributed by atoms with Crippen molar-refractivity contribution in [3.63, 3.8) is 0 Å². The Morgan fingerprint density at radius 3 is 2.48 bits per heavy atom. The Morgan fingerprint density at radius 1 is 1.38 bits per heavy atom. The lowest BCUT2D eigenvalue weighted by molar-refractivity contribution is -0.126. The minimum Gasteiger partial charge on any atom is -0.491 e. The van der Waals surface area contributed by atoms with Crippen molar-refractivity contribution in [3.05, 3.63) is 29.8 Å². The minimum absolute atomic E-state index is 0.0319. The van der Waals surface area contributed by atoms with Crippen molar-refractivity contribution >= 4 is 5.91 Å². The lowest BCUT2D eigenvalue weighted by atomic mass is 9.93. The number of hydrogen-bond acceptors (Lipinski definition) is 3. The zero-order chi connectivity index (χ0) is 15.5. The third-order valence-electron chi connectivity index (χ3n) is 3.71. The highest BCUT2D eigenvalue weighted by atomic mass is 19.1. The molecular formula is C15H20F2N2O2. The largest absolute Gasteiger partial charge is 0.491 e. The van der Waals surface area contributed by atoms with Gasteiger partial charge in [-0.1, -0.05) is 6.92 Å². The van der Waals surface area contributed by atoms with Crippen LogP contribution in [0.5, 0.6) is 5.75 Å². The van der Waals surface area contributed by atoms with Crippen molar-refractivity contribution in [3.8, 4) is 5.75 Å². The lowest BCUT2D eigenvalue weighted by Gasteiger charge is -2.31. The van der Waals surface area contributed by atoms with Crippen LogP contribution in [0.1, 0.15) is 26.2 Å². The van der Waals surface area contributed by atoms with Crippen LogP contribution in [0.25, 0.3) is 0 Å². The smallest absolute Gasteiger partial charge is 0.241 e. The fraction of sp³-hybridized carbons (Fsp3) is 0.533. The van der Waals surface area contributed by atoms with E-state index in [1.807, 2.05) is 6.92 Å². The minimum atomic E-state index is -0.973. The molecule has 2 rings (SSSR count). The predicted molar refractivity (Wildman–Crippen MR) is 74.8 cm³/mol. The normalized spacial score (nSPS) is 17.3. The Kier molecular flexibility index (Phi) is 4.77. The second kappa shape index (κ2) is 6.39. The second-order valence-corrected chi connectivity index (χ2v) is 5.43. The second-order valence-electron chi connectivity index (χ2n) is 5.43. The molecular weight excluding hydrogens is 278 g/mol. The van der Waals surface area contributed by atoms with E-state index < -0.39 is 23.1 Å². The van der Waals surface area contributed by atoms with Crippen molar-refractivity contribution in [1.29, 1.82) is 0 Å². The molecule has 21 heavy (non-hydrogen) atoms. The Labute approximate surface area is 122 Å². The molecule has 0 radical (unpaired) electrons. The van der Waals surface area contributed by atoms with Gasteiger partial charge in [0.05, 0.1) is 0 Å². The Morgan fingerprint density at radius 2 is 2.00 bits per heavy atom. The number of carbonyl (C=O) groups excluding carboxylic acids is 1. The van der Waals surface area contributed by atoms with E-state index in [1.54, 1.807) is 0 Å². The number of rotatable bonds is 8. The average molecular weight is 298 g/mol. The molecule has 1 unspecified atom stereocenters. The zero-order valence-corrected chi connectivity index (χ0v) is 12.0. The number of benzene rings is 1. The molecule has 0 aliphatic heterocycles. The number of hydrogen-bond donors (Lipinski definition) is 2. The first kappa shape index (κ1) is 15.7. The SMILES string of the molecule is CCCNC(COc1cc(F)cc(F)c1)(C(N)=O)C1CC1. The maximum Gasteiger partial charge on any atom is 0.241 e. The van der Waals surface area contributed by atoms with Gasteiger partial charge in [0.1, 0.15) is 29.5 Å². The monoisotopic (exact) mass is 298 g/mol. The summed E-state index contributed by atoms with van der Waals surface area (Å²) in [5.41, 5.74) is 4.57. The van der Waals surface area contributed by atoms with E-state index in [-0.39, 0.29) is 18.3 Å². The van der Waals surface area contributed by atoms with Crippen LogP contribution in [0.2, 0.25) is 0 Å². The van der Waals surface area contributed by atoms with Gasteiger partial charge in [-0.05, 0) is 31.7 Å². The molecule has 1 aromatic rings. The van der Waals surface area contributed by atoms with Crippen LogP contribution in [0.4, 0.5) is 8.78 Å². The number of carbonyl (C=O) groups is 1. The Bertz CT molecular complexity index is 500. The molecule has 116 valence electrons. The highest BCUT2D eigenvalue weighted by Crippen LogP contribution is 2.40. The van der Waals surface area contributed by atoms with Crippen LogP contribution in [0.3, 0.4) is 0 Å². The first-order valence-electron chi connectivity index (χ1n) is 7.11. The summed E-state index contributed by atoms with van der Waals surface area (Å²) in [6, 6.07) is 2.94. The van der Waals surface area contributed by atoms with E-state index >= 15 is 0 Å². The Hall–Kier alpha value is -1.69. The third kappa shape index (κ3) is 3.69. The molecule has 3 N–H and O–H groups in total. The van der Waals surface area contributed by atoms with E-state index in [2.05, 4.69) is 5.32 Å². The standard InChI is InChI=1S/C15H20F2N2O2/c1-2-5-19-15(14(18)20,10-3-4-10)9-21-13-7-11(16)6-12(17)8-13/h6-8,10,19H,2-5,9H2,1H3,(H2,18,20). The summed E-state index contributed by atoms with van der Waals surface area (Å²) in [7, 11) is 0. The molecule has 1 amide bonds. The number of ether oxygens (including phenoxy) is 1. The summed E-state index contributed by atoms with van der Waals surface area (Å²) in [5.74, 6) is -1.77. The van der Waals surface area contributed by atoms with Crippen LogP contribution in [0.15, 0.2) is 18.2 Å². The molecule has 1 aliphatic carbocycles. The van der Waals surface area contributed by atoms with Gasteiger partial charge in [0, 0.05) is 18.2 Å². The molecule has 1 aromatic carbocycles. The summed E-state index contributed by atoms with van der Waals surface area (Å²) in [4.78, 5) is 11.9. The highest BCUT2D eigenvalue weighted by molar-refractivity contribution is 5.85. The van der Waals surface area contributed by atoms with Gasteiger partial charge < -0.3 is 15.8 Å². The van der Waals surface area contributed by atoms with Gasteiger partial charge in [0.2, 0.25) is 5.91 Å². The van der Waals surface area contributed by atoms with Crippen LogP contribution in [0, 0.1) is 17.6 Å². The fourth-order valence-corrected chi connectivity index (χ4v) is 2.41. The van der Waals surface area contributed by atoms with Gasteiger partial charge >= 0.3 is 0 Å². The van der Waals surface area contributed by atoms with Crippen LogP contribution in [-0.4, -0.2) is 24.6 Å². The summed E-state index contributed by atoms with van der Waals surface area (Å²) >= 11 is 0. The Balaban J connectivity index is 2.12. The summed E-state index contributed by atoms with van der Waals surface area (Å²) in [6.07, 6.45) is 2.62. The van der Waals surface area contributed by atoms with Gasteiger partial charge in [0.25, 0.3) is 0 Å². The quantitative estimate of drug-likeness (QED) is 0.771. The van der Waals surface area contributed by atoms with Crippen molar-refractivity contribution in [2.75, 3.05) is 13.2 Å². The highest BCUT2D eigenvalue weighted by Gasteiger charge is 2.50. The van der Waals surface area contributed by atoms with Crippen LogP contribution in [-0.2, 0) is 4.79 Å².